The number of amides is 2. The van der Waals surface area contributed by atoms with Crippen molar-refractivity contribution in [2.75, 3.05) is 37.2 Å². The molecule has 0 radical (unpaired) electrons. The molecule has 2 aromatic rings. The fraction of sp³-hybridized carbons (Fsp3) is 0.278. The molecular weight excluding hydrogens is 368 g/mol. The van der Waals surface area contributed by atoms with Crippen molar-refractivity contribution in [3.63, 3.8) is 0 Å². The van der Waals surface area contributed by atoms with Gasteiger partial charge in [0.2, 0.25) is 10.0 Å². The van der Waals surface area contributed by atoms with Crippen LogP contribution in [0.15, 0.2) is 48.8 Å². The van der Waals surface area contributed by atoms with Crippen molar-refractivity contribution in [1.29, 1.82) is 0 Å². The molecule has 142 valence electrons. The lowest BCUT2D eigenvalue weighted by Crippen LogP contribution is -2.50. The highest BCUT2D eigenvalue weighted by molar-refractivity contribution is 7.92. The van der Waals surface area contributed by atoms with Crippen LogP contribution >= 0.6 is 0 Å². The van der Waals surface area contributed by atoms with Gasteiger partial charge in [0.1, 0.15) is 0 Å². The van der Waals surface area contributed by atoms with Gasteiger partial charge < -0.3 is 9.80 Å². The molecule has 1 fully saturated rings. The monoisotopic (exact) mass is 388 g/mol. The Morgan fingerprint density at radius 1 is 0.926 bits per heavy atom. The molecule has 0 bridgehead atoms. The van der Waals surface area contributed by atoms with Crippen molar-refractivity contribution in [3.05, 3.63) is 59.9 Å². The number of anilines is 1. The topological polar surface area (TPSA) is 99.7 Å². The lowest BCUT2D eigenvalue weighted by molar-refractivity contribution is 0.0535. The number of carbonyl (C=O) groups excluding carboxylic acids is 2. The first kappa shape index (κ1) is 18.8. The normalized spacial score (nSPS) is 14.7. The Morgan fingerprint density at radius 3 is 1.96 bits per heavy atom. The van der Waals surface area contributed by atoms with E-state index in [0.29, 0.717) is 43.0 Å². The Bertz CT molecular complexity index is 922. The quantitative estimate of drug-likeness (QED) is 0.844. The van der Waals surface area contributed by atoms with E-state index in [4.69, 9.17) is 0 Å². The summed E-state index contributed by atoms with van der Waals surface area (Å²) in [5.41, 5.74) is 1.41. The fourth-order valence-corrected chi connectivity index (χ4v) is 3.43. The molecule has 1 aliphatic rings. The van der Waals surface area contributed by atoms with Crippen molar-refractivity contribution in [2.24, 2.45) is 0 Å². The van der Waals surface area contributed by atoms with Crippen molar-refractivity contribution >= 4 is 27.5 Å². The smallest absolute Gasteiger partial charge is 0.255 e. The van der Waals surface area contributed by atoms with Crippen molar-refractivity contribution in [2.45, 2.75) is 0 Å². The Hall–Kier alpha value is -2.94. The molecule has 3 rings (SSSR count). The van der Waals surface area contributed by atoms with Crippen LogP contribution in [0.25, 0.3) is 0 Å². The van der Waals surface area contributed by atoms with Crippen LogP contribution in [0.1, 0.15) is 20.7 Å². The summed E-state index contributed by atoms with van der Waals surface area (Å²) in [6.45, 7) is 1.78. The first-order valence-electron chi connectivity index (χ1n) is 8.40. The zero-order valence-electron chi connectivity index (χ0n) is 14.8. The van der Waals surface area contributed by atoms with E-state index in [2.05, 4.69) is 9.71 Å². The van der Waals surface area contributed by atoms with Gasteiger partial charge >= 0.3 is 0 Å². The van der Waals surface area contributed by atoms with Gasteiger partial charge in [-0.25, -0.2) is 8.42 Å². The minimum Gasteiger partial charge on any atom is -0.335 e. The number of hydrogen-bond donors (Lipinski definition) is 1. The van der Waals surface area contributed by atoms with E-state index >= 15 is 0 Å². The lowest BCUT2D eigenvalue weighted by atomic mass is 10.1. The van der Waals surface area contributed by atoms with E-state index in [1.807, 2.05) is 0 Å². The first-order chi connectivity index (χ1) is 12.8. The summed E-state index contributed by atoms with van der Waals surface area (Å²) >= 11 is 0. The molecule has 9 heteroatoms. The number of rotatable bonds is 4. The summed E-state index contributed by atoms with van der Waals surface area (Å²) in [7, 11) is -3.36. The summed E-state index contributed by atoms with van der Waals surface area (Å²) in [5.74, 6) is -0.235. The molecule has 0 aliphatic carbocycles. The third kappa shape index (κ3) is 4.82. The number of hydrogen-bond acceptors (Lipinski definition) is 5. The zero-order valence-corrected chi connectivity index (χ0v) is 15.6. The van der Waals surface area contributed by atoms with Gasteiger partial charge in [-0.2, -0.15) is 0 Å². The minimum atomic E-state index is -3.36. The number of sulfonamides is 1. The number of aromatic nitrogens is 1. The van der Waals surface area contributed by atoms with Crippen LogP contribution in [-0.2, 0) is 10.0 Å². The predicted octanol–water partition coefficient (Wildman–Crippen LogP) is 1.05. The van der Waals surface area contributed by atoms with E-state index in [0.717, 1.165) is 6.26 Å². The second kappa shape index (κ2) is 7.75. The third-order valence-corrected chi connectivity index (χ3v) is 4.80. The number of benzene rings is 1. The van der Waals surface area contributed by atoms with E-state index in [1.165, 1.54) is 6.20 Å². The number of carbonyl (C=O) groups is 2. The SMILES string of the molecule is CS(=O)(=O)Nc1ccc(C(=O)N2CCN(C(=O)c3cccnc3)CC2)cc1. The van der Waals surface area contributed by atoms with Gasteiger partial charge in [-0.15, -0.1) is 0 Å². The Morgan fingerprint density at radius 2 is 1.48 bits per heavy atom. The van der Waals surface area contributed by atoms with Crippen molar-refractivity contribution < 1.29 is 18.0 Å². The number of piperazine rings is 1. The highest BCUT2D eigenvalue weighted by Crippen LogP contribution is 2.15. The van der Waals surface area contributed by atoms with E-state index in [1.54, 1.807) is 52.4 Å². The van der Waals surface area contributed by atoms with Gasteiger partial charge in [0.15, 0.2) is 0 Å². The zero-order chi connectivity index (χ0) is 19.4. The van der Waals surface area contributed by atoms with E-state index in [9.17, 15) is 18.0 Å². The van der Waals surface area contributed by atoms with Crippen molar-refractivity contribution in [3.8, 4) is 0 Å². The molecule has 1 aromatic heterocycles. The Kier molecular flexibility index (Phi) is 5.41. The molecule has 0 unspecified atom stereocenters. The van der Waals surface area contributed by atoms with Crippen LogP contribution in [0, 0.1) is 0 Å². The van der Waals surface area contributed by atoms with Gasteiger partial charge in [-0.05, 0) is 36.4 Å². The van der Waals surface area contributed by atoms with Gasteiger partial charge in [0.05, 0.1) is 11.8 Å². The third-order valence-electron chi connectivity index (χ3n) is 4.20. The highest BCUT2D eigenvalue weighted by atomic mass is 32.2. The summed E-state index contributed by atoms with van der Waals surface area (Å²) in [6.07, 6.45) is 4.22. The standard InChI is InChI=1S/C18H20N4O4S/c1-27(25,26)20-16-6-4-14(5-7-16)17(23)21-9-11-22(12-10-21)18(24)15-3-2-8-19-13-15/h2-8,13,20H,9-12H2,1H3. The second-order valence-corrected chi connectivity index (χ2v) is 8.03. The molecule has 0 atom stereocenters. The maximum absolute atomic E-state index is 12.6. The lowest BCUT2D eigenvalue weighted by Gasteiger charge is -2.34. The molecule has 27 heavy (non-hydrogen) atoms. The number of nitrogens with zero attached hydrogens (tertiary/aromatic N) is 3. The molecule has 2 amide bonds. The first-order valence-corrected chi connectivity index (χ1v) is 10.3. The molecule has 1 aliphatic heterocycles. The molecule has 1 N–H and O–H groups in total. The van der Waals surface area contributed by atoms with Gasteiger partial charge in [0, 0.05) is 49.8 Å². The number of nitrogens with one attached hydrogen (secondary N) is 1. The molecule has 1 aromatic carbocycles. The fourth-order valence-electron chi connectivity index (χ4n) is 2.86. The maximum atomic E-state index is 12.6. The summed E-state index contributed by atoms with van der Waals surface area (Å²) in [5, 5.41) is 0. The van der Waals surface area contributed by atoms with Gasteiger partial charge in [-0.3, -0.25) is 19.3 Å². The predicted molar refractivity (Wildman–Crippen MR) is 101 cm³/mol. The van der Waals surface area contributed by atoms with Crippen LogP contribution in [-0.4, -0.2) is 67.5 Å². The van der Waals surface area contributed by atoms with Crippen LogP contribution in [0.2, 0.25) is 0 Å². The molecule has 0 spiro atoms. The van der Waals surface area contributed by atoms with Gasteiger partial charge in [0.25, 0.3) is 11.8 Å². The molecular formula is C18H20N4O4S. The van der Waals surface area contributed by atoms with Crippen molar-refractivity contribution in [1.82, 2.24) is 14.8 Å². The summed E-state index contributed by atoms with van der Waals surface area (Å²) in [4.78, 5) is 32.4. The largest absolute Gasteiger partial charge is 0.335 e. The van der Waals surface area contributed by atoms with Crippen LogP contribution in [0.5, 0.6) is 0 Å². The summed E-state index contributed by atoms with van der Waals surface area (Å²) < 4.78 is 24.8. The van der Waals surface area contributed by atoms with E-state index in [-0.39, 0.29) is 11.8 Å². The molecule has 2 heterocycles. The average Bonchev–Trinajstić information content (AvgIpc) is 2.67. The maximum Gasteiger partial charge on any atom is 0.255 e. The highest BCUT2D eigenvalue weighted by Gasteiger charge is 2.25. The molecule has 8 nitrogen and oxygen atoms in total. The van der Waals surface area contributed by atoms with Crippen LogP contribution in [0.3, 0.4) is 0 Å². The second-order valence-electron chi connectivity index (χ2n) is 6.28. The molecule has 1 saturated heterocycles. The average molecular weight is 388 g/mol. The Labute approximate surface area is 157 Å². The van der Waals surface area contributed by atoms with E-state index < -0.39 is 10.0 Å². The van der Waals surface area contributed by atoms with Crippen LogP contribution < -0.4 is 4.72 Å². The molecule has 0 saturated carbocycles. The minimum absolute atomic E-state index is 0.0913. The Balaban J connectivity index is 1.59. The van der Waals surface area contributed by atoms with Gasteiger partial charge in [-0.1, -0.05) is 0 Å². The van der Waals surface area contributed by atoms with Crippen LogP contribution in [0.4, 0.5) is 5.69 Å². The summed E-state index contributed by atoms with van der Waals surface area (Å²) in [6, 6.07) is 9.72. The number of pyridine rings is 1.